The van der Waals surface area contributed by atoms with Crippen molar-refractivity contribution in [1.82, 2.24) is 50.4 Å². The Morgan fingerprint density at radius 3 is 1.21 bits per heavy atom. The fraction of sp³-hybridized carbons (Fsp3) is 0.671. The number of allylic oxidation sites excluding steroid dienone is 5. The molecule has 4 aromatic heterocycles. The second-order valence-electron chi connectivity index (χ2n) is 26.1. The van der Waals surface area contributed by atoms with Crippen molar-refractivity contribution < 1.29 is 0 Å². The van der Waals surface area contributed by atoms with Crippen molar-refractivity contribution in [2.45, 2.75) is 281 Å². The molecule has 1 aliphatic heterocycles. The lowest BCUT2D eigenvalue weighted by Crippen LogP contribution is -2.02. The normalized spacial score (nSPS) is 12.4. The molecule has 5 heterocycles. The van der Waals surface area contributed by atoms with Crippen LogP contribution in [-0.4, -0.2) is 56.1 Å². The van der Waals surface area contributed by atoms with E-state index >= 15 is 0 Å². The molecule has 462 valence electrons. The van der Waals surface area contributed by atoms with E-state index in [9.17, 15) is 0 Å². The molecule has 7 rings (SSSR count). The molecule has 1 aromatic carbocycles. The highest BCUT2D eigenvalue weighted by molar-refractivity contribution is 5.89. The Labute approximate surface area is 500 Å². The topological polar surface area (TPSA) is 131 Å². The van der Waals surface area contributed by atoms with E-state index in [0.717, 1.165) is 47.0 Å². The van der Waals surface area contributed by atoms with Crippen molar-refractivity contribution in [1.29, 1.82) is 0 Å². The molecule has 2 N–H and O–H groups in total. The first-order valence-electron chi connectivity index (χ1n) is 30.7. The molecule has 0 fully saturated rings. The zero-order chi connectivity index (χ0) is 62.0. The van der Waals surface area contributed by atoms with E-state index in [1.165, 1.54) is 34.7 Å². The molecule has 0 saturated heterocycles. The molecule has 2 aliphatic rings. The van der Waals surface area contributed by atoms with Crippen molar-refractivity contribution in [3.63, 3.8) is 0 Å². The molecule has 0 radical (unpaired) electrons. The lowest BCUT2D eigenvalue weighted by atomic mass is 10.0. The van der Waals surface area contributed by atoms with E-state index in [1.54, 1.807) is 5.57 Å². The van der Waals surface area contributed by atoms with Crippen molar-refractivity contribution in [3.8, 4) is 0 Å². The molecule has 1 aliphatic carbocycles. The second-order valence-corrected chi connectivity index (χ2v) is 26.1. The molecule has 5 aromatic rings. The van der Waals surface area contributed by atoms with E-state index in [0.29, 0.717) is 65.3 Å². The number of benzene rings is 1. The van der Waals surface area contributed by atoms with E-state index < -0.39 is 0 Å². The fourth-order valence-corrected chi connectivity index (χ4v) is 6.77. The number of rotatable bonds is 12. The van der Waals surface area contributed by atoms with Crippen LogP contribution in [0.5, 0.6) is 0 Å². The molecule has 0 spiro atoms. The molecule has 11 heteroatoms. The summed E-state index contributed by atoms with van der Waals surface area (Å²) in [6.45, 7) is 65.0. The van der Waals surface area contributed by atoms with Crippen molar-refractivity contribution in [2.24, 2.45) is 34.6 Å². The van der Waals surface area contributed by atoms with Crippen LogP contribution in [0.2, 0.25) is 0 Å². The molecule has 0 atom stereocenters. The Morgan fingerprint density at radius 1 is 0.469 bits per heavy atom. The van der Waals surface area contributed by atoms with Crippen LogP contribution in [0.3, 0.4) is 0 Å². The molecule has 0 bridgehead atoms. The third-order valence-electron chi connectivity index (χ3n) is 12.1. The van der Waals surface area contributed by atoms with Gasteiger partial charge in [-0.2, -0.15) is 25.6 Å². The second kappa shape index (κ2) is 43.5. The van der Waals surface area contributed by atoms with Gasteiger partial charge in [0.05, 0.1) is 28.5 Å². The molecule has 0 saturated carbocycles. The SMILES string of the molecule is C.CC(C)C.CC(C)C.CC(C)C1=CCC(C(C)C)=C1.CC(C)C1=NC=CC1.CC(C)c1cc(C(C)C)[nH]n1.CC(C)c1ccccc1.CC(C)c1ccn(C(C)C)n1.CC(C)c1cn(C(C)C)nn1.CC(C)c1n[nH]nc1C(C)C. The highest BCUT2D eigenvalue weighted by atomic mass is 15.4. The maximum atomic E-state index is 4.43. The minimum Gasteiger partial charge on any atom is -0.282 e. The third-order valence-corrected chi connectivity index (χ3v) is 12.1. The van der Waals surface area contributed by atoms with Crippen LogP contribution in [0.4, 0.5) is 0 Å². The predicted molar refractivity (Wildman–Crippen MR) is 357 cm³/mol. The van der Waals surface area contributed by atoms with Gasteiger partial charge in [0.2, 0.25) is 0 Å². The average molecular weight is 1120 g/mol. The zero-order valence-corrected chi connectivity index (χ0v) is 57.0. The summed E-state index contributed by atoms with van der Waals surface area (Å²) in [5.41, 5.74) is 12.7. The largest absolute Gasteiger partial charge is 0.282 e. The Kier molecular flexibility index (Phi) is 43.0. The Bertz CT molecular complexity index is 2180. The number of H-pyrrole nitrogens is 2. The molecule has 11 nitrogen and oxygen atoms in total. The molecular formula is C70H127N11. The van der Waals surface area contributed by atoms with Gasteiger partial charge >= 0.3 is 0 Å². The van der Waals surface area contributed by atoms with Gasteiger partial charge in [-0.05, 0) is 128 Å². The molecule has 0 amide bonds. The van der Waals surface area contributed by atoms with Gasteiger partial charge in [-0.3, -0.25) is 14.8 Å². The number of aromatic amines is 2. The summed E-state index contributed by atoms with van der Waals surface area (Å²) in [6.07, 6.45) is 15.0. The predicted octanol–water partition coefficient (Wildman–Crippen LogP) is 21.6. The van der Waals surface area contributed by atoms with Gasteiger partial charge in [0.1, 0.15) is 0 Å². The van der Waals surface area contributed by atoms with Crippen LogP contribution in [0.15, 0.2) is 95.4 Å². The lowest BCUT2D eigenvalue weighted by Gasteiger charge is -2.04. The summed E-state index contributed by atoms with van der Waals surface area (Å²) >= 11 is 0. The highest BCUT2D eigenvalue weighted by Gasteiger charge is 2.14. The van der Waals surface area contributed by atoms with Crippen molar-refractivity contribution in [3.05, 3.63) is 130 Å². The summed E-state index contributed by atoms with van der Waals surface area (Å²) < 4.78 is 3.88. The maximum Gasteiger partial charge on any atom is 0.0884 e. The van der Waals surface area contributed by atoms with E-state index in [2.05, 4.69) is 308 Å². The Hall–Kier alpha value is -5.19. The number of hydrogen-bond acceptors (Lipinski definition) is 7. The Morgan fingerprint density at radius 2 is 0.963 bits per heavy atom. The van der Waals surface area contributed by atoms with E-state index in [1.807, 2.05) is 34.0 Å². The number of aliphatic imine (C=N–C) groups is 1. The van der Waals surface area contributed by atoms with Crippen molar-refractivity contribution in [2.75, 3.05) is 0 Å². The first-order valence-corrected chi connectivity index (χ1v) is 30.7. The summed E-state index contributed by atoms with van der Waals surface area (Å²) in [5.74, 6) is 7.40. The van der Waals surface area contributed by atoms with Gasteiger partial charge in [-0.1, -0.05) is 247 Å². The highest BCUT2D eigenvalue weighted by Crippen LogP contribution is 2.28. The minimum absolute atomic E-state index is 0. The van der Waals surface area contributed by atoms with Gasteiger partial charge in [0.25, 0.3) is 0 Å². The van der Waals surface area contributed by atoms with Crippen LogP contribution in [-0.2, 0) is 0 Å². The smallest absolute Gasteiger partial charge is 0.0884 e. The number of nitrogens with zero attached hydrogens (tertiary/aromatic N) is 9. The van der Waals surface area contributed by atoms with Crippen LogP contribution in [0.1, 0.15) is 321 Å². The monoisotopic (exact) mass is 1120 g/mol. The average Bonchev–Trinajstić information content (AvgIpc) is 4.23. The van der Waals surface area contributed by atoms with Gasteiger partial charge < -0.3 is 0 Å². The van der Waals surface area contributed by atoms with E-state index in [-0.39, 0.29) is 7.43 Å². The summed E-state index contributed by atoms with van der Waals surface area (Å²) in [7, 11) is 0. The van der Waals surface area contributed by atoms with Crippen LogP contribution >= 0.6 is 0 Å². The Balaban J connectivity index is -0.000000857. The molecule has 81 heavy (non-hydrogen) atoms. The maximum absolute atomic E-state index is 4.43. The first-order chi connectivity index (χ1) is 37.1. The van der Waals surface area contributed by atoms with Crippen LogP contribution in [0, 0.1) is 29.6 Å². The number of nitrogens with one attached hydrogen (secondary N) is 2. The van der Waals surface area contributed by atoms with Crippen LogP contribution < -0.4 is 0 Å². The van der Waals surface area contributed by atoms with Crippen molar-refractivity contribution >= 4 is 5.71 Å². The quantitative estimate of drug-likeness (QED) is 0.128. The fourth-order valence-electron chi connectivity index (χ4n) is 6.77. The summed E-state index contributed by atoms with van der Waals surface area (Å²) in [5, 5.41) is 30.6. The standard InChI is InChI=1S/C11H18.2C9H16N2.C9H12.2C8H15N3.C7H11N.2C4H10.CH4/c1-8(2)10-5-6-11(7-10)9(3)4;1-7(2)9-5-6-11(10-9)8(3)4;1-6(2)8-5-9(7(3)4)11-10-8;1-8(2)9-6-4-3-5-7-9;1-6(2)8-5-11(7(3)4)10-9-8;1-5(2)7-8(6(3)4)10-11-9-7;1-6(2)7-4-3-5-8-7;2*1-4(2)3;/h5,7-9H,6H2,1-4H3;5-8H,1-4H3;5-7H,1-4H3,(H,10,11);3-8H,1-2H3;5-7H,1-4H3;5-6H,1-4H3,(H,9,10,11);3,5-6H,4H2,1-2H3;2*4H,1-3H3;1H4. The van der Waals surface area contributed by atoms with Gasteiger partial charge in [-0.15, -0.1) is 5.10 Å². The lowest BCUT2D eigenvalue weighted by molar-refractivity contribution is 0.514. The third kappa shape index (κ3) is 36.8. The summed E-state index contributed by atoms with van der Waals surface area (Å²) in [6, 6.07) is 15.6. The minimum atomic E-state index is 0. The van der Waals surface area contributed by atoms with Gasteiger partial charge in [-0.25, -0.2) is 4.68 Å². The first kappa shape index (κ1) is 80.0. The summed E-state index contributed by atoms with van der Waals surface area (Å²) in [4.78, 5) is 4.17. The zero-order valence-electron chi connectivity index (χ0n) is 57.0. The number of aromatic nitrogens is 10. The number of hydrogen-bond donors (Lipinski definition) is 2. The molecular weight excluding hydrogens is 995 g/mol. The van der Waals surface area contributed by atoms with E-state index in [4.69, 9.17) is 0 Å². The molecule has 0 unspecified atom stereocenters. The van der Waals surface area contributed by atoms with Gasteiger partial charge in [0, 0.05) is 48.5 Å². The van der Waals surface area contributed by atoms with Crippen LogP contribution in [0.25, 0.3) is 0 Å². The van der Waals surface area contributed by atoms with Gasteiger partial charge in [0.15, 0.2) is 0 Å².